The van der Waals surface area contributed by atoms with Gasteiger partial charge in [-0.15, -0.1) is 0 Å². The van der Waals surface area contributed by atoms with E-state index in [4.69, 9.17) is 5.11 Å². The molecule has 15 heavy (non-hydrogen) atoms. The lowest BCUT2D eigenvalue weighted by atomic mass is 9.98. The fraction of sp³-hybridized carbons (Fsp3) is 0.417. The lowest BCUT2D eigenvalue weighted by molar-refractivity contribution is -0.136. The quantitative estimate of drug-likeness (QED) is 0.829. The van der Waals surface area contributed by atoms with E-state index in [1.807, 2.05) is 13.8 Å². The Morgan fingerprint density at radius 2 is 2.13 bits per heavy atom. The lowest BCUT2D eigenvalue weighted by Gasteiger charge is -2.09. The van der Waals surface area contributed by atoms with E-state index in [-0.39, 0.29) is 18.2 Å². The first-order valence-electron chi connectivity index (χ1n) is 5.01. The molecule has 0 saturated carbocycles. The number of halogens is 1. The number of hydrogen-bond acceptors (Lipinski definition) is 1. The van der Waals surface area contributed by atoms with Gasteiger partial charge < -0.3 is 5.11 Å². The number of aryl methyl sites for hydroxylation is 1. The standard InChI is InChI=1S/C12H15FO2/c1-8(2)10-7-9(3-5-11(10)13)4-6-12(14)15/h3,5,7-8H,4,6H2,1-2H3,(H,14,15). The van der Waals surface area contributed by atoms with Crippen LogP contribution < -0.4 is 0 Å². The zero-order chi connectivity index (χ0) is 11.4. The van der Waals surface area contributed by atoms with Crippen molar-refractivity contribution < 1.29 is 14.3 Å². The average molecular weight is 210 g/mol. The molecule has 1 N–H and O–H groups in total. The van der Waals surface area contributed by atoms with Crippen molar-refractivity contribution in [3.05, 3.63) is 35.1 Å². The summed E-state index contributed by atoms with van der Waals surface area (Å²) in [7, 11) is 0. The molecule has 0 aliphatic heterocycles. The van der Waals surface area contributed by atoms with Crippen LogP contribution in [0.4, 0.5) is 4.39 Å². The molecule has 0 atom stereocenters. The molecule has 0 aromatic heterocycles. The van der Waals surface area contributed by atoms with Gasteiger partial charge in [0.2, 0.25) is 0 Å². The second-order valence-corrected chi connectivity index (χ2v) is 3.90. The Morgan fingerprint density at radius 3 is 2.67 bits per heavy atom. The van der Waals surface area contributed by atoms with E-state index < -0.39 is 5.97 Å². The summed E-state index contributed by atoms with van der Waals surface area (Å²) < 4.78 is 13.3. The fourth-order valence-electron chi connectivity index (χ4n) is 1.44. The van der Waals surface area contributed by atoms with E-state index in [9.17, 15) is 9.18 Å². The Hall–Kier alpha value is -1.38. The molecule has 0 amide bonds. The highest BCUT2D eigenvalue weighted by atomic mass is 19.1. The molecule has 3 heteroatoms. The summed E-state index contributed by atoms with van der Waals surface area (Å²) in [5.74, 6) is -0.927. The third kappa shape index (κ3) is 3.35. The zero-order valence-corrected chi connectivity index (χ0v) is 8.96. The highest BCUT2D eigenvalue weighted by Gasteiger charge is 2.08. The number of benzene rings is 1. The maximum Gasteiger partial charge on any atom is 0.303 e. The third-order valence-electron chi connectivity index (χ3n) is 2.31. The first-order chi connectivity index (χ1) is 7.00. The van der Waals surface area contributed by atoms with Crippen LogP contribution in [0.15, 0.2) is 18.2 Å². The van der Waals surface area contributed by atoms with Gasteiger partial charge in [-0.05, 0) is 29.5 Å². The van der Waals surface area contributed by atoms with Crippen molar-refractivity contribution in [3.63, 3.8) is 0 Å². The normalized spacial score (nSPS) is 10.7. The molecule has 82 valence electrons. The molecule has 0 aliphatic carbocycles. The Balaban J connectivity index is 2.83. The minimum atomic E-state index is -0.828. The van der Waals surface area contributed by atoms with Crippen LogP contribution in [0.3, 0.4) is 0 Å². The fourth-order valence-corrected chi connectivity index (χ4v) is 1.44. The van der Waals surface area contributed by atoms with E-state index in [1.54, 1.807) is 12.1 Å². The van der Waals surface area contributed by atoms with Gasteiger partial charge in [0.1, 0.15) is 5.82 Å². The van der Waals surface area contributed by atoms with E-state index >= 15 is 0 Å². The largest absolute Gasteiger partial charge is 0.481 e. The van der Waals surface area contributed by atoms with Gasteiger partial charge in [-0.1, -0.05) is 26.0 Å². The van der Waals surface area contributed by atoms with Gasteiger partial charge in [-0.2, -0.15) is 0 Å². The van der Waals surface area contributed by atoms with E-state index in [0.717, 1.165) is 5.56 Å². The summed E-state index contributed by atoms with van der Waals surface area (Å²) in [6.07, 6.45) is 0.540. The van der Waals surface area contributed by atoms with Crippen molar-refractivity contribution in [2.75, 3.05) is 0 Å². The average Bonchev–Trinajstić information content (AvgIpc) is 2.16. The molecule has 1 aromatic carbocycles. The first-order valence-corrected chi connectivity index (χ1v) is 5.01. The monoisotopic (exact) mass is 210 g/mol. The molecule has 1 rings (SSSR count). The number of aliphatic carboxylic acids is 1. The molecule has 0 spiro atoms. The molecule has 0 saturated heterocycles. The molecule has 0 bridgehead atoms. The lowest BCUT2D eigenvalue weighted by Crippen LogP contribution is -2.00. The Labute approximate surface area is 88.7 Å². The highest BCUT2D eigenvalue weighted by Crippen LogP contribution is 2.20. The van der Waals surface area contributed by atoms with Crippen LogP contribution >= 0.6 is 0 Å². The van der Waals surface area contributed by atoms with Crippen molar-refractivity contribution in [3.8, 4) is 0 Å². The minimum absolute atomic E-state index is 0.0865. The predicted molar refractivity (Wildman–Crippen MR) is 56.4 cm³/mol. The summed E-state index contributed by atoms with van der Waals surface area (Å²) in [4.78, 5) is 10.4. The Kier molecular flexibility index (Phi) is 3.83. The van der Waals surface area contributed by atoms with E-state index in [2.05, 4.69) is 0 Å². The number of carbonyl (C=O) groups is 1. The van der Waals surface area contributed by atoms with E-state index in [0.29, 0.717) is 12.0 Å². The molecule has 0 fully saturated rings. The topological polar surface area (TPSA) is 37.3 Å². The molecule has 0 unspecified atom stereocenters. The zero-order valence-electron chi connectivity index (χ0n) is 8.96. The molecule has 0 heterocycles. The smallest absolute Gasteiger partial charge is 0.303 e. The van der Waals surface area contributed by atoms with Crippen LogP contribution in [0.25, 0.3) is 0 Å². The Morgan fingerprint density at radius 1 is 1.47 bits per heavy atom. The van der Waals surface area contributed by atoms with Gasteiger partial charge in [-0.3, -0.25) is 4.79 Å². The molecule has 2 nitrogen and oxygen atoms in total. The van der Waals surface area contributed by atoms with Gasteiger partial charge in [0.15, 0.2) is 0 Å². The SMILES string of the molecule is CC(C)c1cc(CCC(=O)O)ccc1F. The summed E-state index contributed by atoms with van der Waals surface area (Å²) in [6.45, 7) is 3.83. The maximum absolute atomic E-state index is 13.3. The molecule has 0 radical (unpaired) electrons. The van der Waals surface area contributed by atoms with Crippen LogP contribution in [-0.2, 0) is 11.2 Å². The van der Waals surface area contributed by atoms with Crippen LogP contribution in [0, 0.1) is 5.82 Å². The number of hydrogen-bond donors (Lipinski definition) is 1. The molecule has 0 aliphatic rings. The van der Waals surface area contributed by atoms with Gasteiger partial charge in [0, 0.05) is 6.42 Å². The van der Waals surface area contributed by atoms with E-state index in [1.165, 1.54) is 6.07 Å². The van der Waals surface area contributed by atoms with Gasteiger partial charge in [0.25, 0.3) is 0 Å². The van der Waals surface area contributed by atoms with Crippen molar-refractivity contribution in [2.45, 2.75) is 32.6 Å². The van der Waals surface area contributed by atoms with Crippen LogP contribution in [-0.4, -0.2) is 11.1 Å². The van der Waals surface area contributed by atoms with Gasteiger partial charge >= 0.3 is 5.97 Å². The van der Waals surface area contributed by atoms with Crippen molar-refractivity contribution >= 4 is 5.97 Å². The van der Waals surface area contributed by atoms with Gasteiger partial charge in [0.05, 0.1) is 0 Å². The van der Waals surface area contributed by atoms with Crippen molar-refractivity contribution in [1.82, 2.24) is 0 Å². The summed E-state index contributed by atoms with van der Waals surface area (Å²) in [6, 6.07) is 4.81. The molecule has 1 aromatic rings. The number of carboxylic acid groups (broad SMARTS) is 1. The second kappa shape index (κ2) is 4.91. The van der Waals surface area contributed by atoms with Crippen LogP contribution in [0.2, 0.25) is 0 Å². The summed E-state index contributed by atoms with van der Waals surface area (Å²) in [5, 5.41) is 8.53. The summed E-state index contributed by atoms with van der Waals surface area (Å²) in [5.41, 5.74) is 1.53. The Bertz CT molecular complexity index is 359. The molecular weight excluding hydrogens is 195 g/mol. The van der Waals surface area contributed by atoms with Crippen LogP contribution in [0.5, 0.6) is 0 Å². The summed E-state index contributed by atoms with van der Waals surface area (Å²) >= 11 is 0. The third-order valence-corrected chi connectivity index (χ3v) is 2.31. The number of rotatable bonds is 4. The van der Waals surface area contributed by atoms with Gasteiger partial charge in [-0.25, -0.2) is 4.39 Å². The second-order valence-electron chi connectivity index (χ2n) is 3.90. The minimum Gasteiger partial charge on any atom is -0.481 e. The highest BCUT2D eigenvalue weighted by molar-refractivity contribution is 5.67. The first kappa shape index (κ1) is 11.7. The maximum atomic E-state index is 13.3. The number of carboxylic acids is 1. The molecular formula is C12H15FO2. The predicted octanol–water partition coefficient (Wildman–Crippen LogP) is 2.97. The van der Waals surface area contributed by atoms with Crippen LogP contribution in [0.1, 0.15) is 37.3 Å². The van der Waals surface area contributed by atoms with Crippen molar-refractivity contribution in [1.29, 1.82) is 0 Å². The van der Waals surface area contributed by atoms with Crippen molar-refractivity contribution in [2.24, 2.45) is 0 Å².